The van der Waals surface area contributed by atoms with E-state index in [1.54, 1.807) is 0 Å². The van der Waals surface area contributed by atoms with Crippen LogP contribution in [-0.4, -0.2) is 35.4 Å². The molecule has 1 aromatic rings. The average Bonchev–Trinajstić information content (AvgIpc) is 3.07. The van der Waals surface area contributed by atoms with Gasteiger partial charge in [0.25, 0.3) is 5.91 Å². The SMILES string of the molecule is CCNc1cc(C(=O)N2CC3CCCC3C2)cc(CC)n1. The number of amides is 1. The number of carbonyl (C=O) groups is 1. The van der Waals surface area contributed by atoms with E-state index in [1.807, 2.05) is 19.1 Å². The quantitative estimate of drug-likeness (QED) is 0.926. The molecule has 0 spiro atoms. The van der Waals surface area contributed by atoms with E-state index in [-0.39, 0.29) is 5.91 Å². The molecule has 1 aromatic heterocycles. The molecule has 2 heterocycles. The Morgan fingerprint density at radius 1 is 1.29 bits per heavy atom. The highest BCUT2D eigenvalue weighted by molar-refractivity contribution is 5.95. The summed E-state index contributed by atoms with van der Waals surface area (Å²) in [6.07, 6.45) is 4.79. The minimum atomic E-state index is 0.181. The second-order valence-corrected chi connectivity index (χ2v) is 6.28. The Morgan fingerprint density at radius 3 is 2.62 bits per heavy atom. The Kier molecular flexibility index (Phi) is 4.13. The fraction of sp³-hybridized carbons (Fsp3) is 0.647. The molecule has 1 saturated heterocycles. The zero-order valence-electron chi connectivity index (χ0n) is 13.1. The predicted octanol–water partition coefficient (Wildman–Crippen LogP) is 2.95. The smallest absolute Gasteiger partial charge is 0.254 e. The van der Waals surface area contributed by atoms with E-state index < -0.39 is 0 Å². The normalized spacial score (nSPS) is 24.2. The van der Waals surface area contributed by atoms with Gasteiger partial charge in [0, 0.05) is 30.9 Å². The van der Waals surface area contributed by atoms with Crippen molar-refractivity contribution < 1.29 is 4.79 Å². The van der Waals surface area contributed by atoms with Gasteiger partial charge < -0.3 is 10.2 Å². The summed E-state index contributed by atoms with van der Waals surface area (Å²) >= 11 is 0. The van der Waals surface area contributed by atoms with Gasteiger partial charge in [0.2, 0.25) is 0 Å². The van der Waals surface area contributed by atoms with Gasteiger partial charge in [0.1, 0.15) is 5.82 Å². The average molecular weight is 287 g/mol. The molecule has 1 N–H and O–H groups in total. The molecule has 2 unspecified atom stereocenters. The Morgan fingerprint density at radius 2 is 2.00 bits per heavy atom. The summed E-state index contributed by atoms with van der Waals surface area (Å²) in [4.78, 5) is 19.4. The number of hydrogen-bond acceptors (Lipinski definition) is 3. The van der Waals surface area contributed by atoms with Gasteiger partial charge in [-0.2, -0.15) is 0 Å². The van der Waals surface area contributed by atoms with E-state index >= 15 is 0 Å². The number of aromatic nitrogens is 1. The van der Waals surface area contributed by atoms with Gasteiger partial charge in [-0.1, -0.05) is 13.3 Å². The number of fused-ring (bicyclic) bond motifs is 1. The molecule has 1 amide bonds. The topological polar surface area (TPSA) is 45.2 Å². The maximum atomic E-state index is 12.8. The van der Waals surface area contributed by atoms with Crippen molar-refractivity contribution in [2.45, 2.75) is 39.5 Å². The molecule has 4 heteroatoms. The van der Waals surface area contributed by atoms with Crippen molar-refractivity contribution in [3.8, 4) is 0 Å². The third-order valence-corrected chi connectivity index (χ3v) is 4.86. The first-order valence-corrected chi connectivity index (χ1v) is 8.25. The molecule has 2 atom stereocenters. The van der Waals surface area contributed by atoms with Crippen LogP contribution in [0.25, 0.3) is 0 Å². The van der Waals surface area contributed by atoms with Crippen molar-refractivity contribution in [2.24, 2.45) is 11.8 Å². The molecule has 1 aliphatic heterocycles. The largest absolute Gasteiger partial charge is 0.370 e. The monoisotopic (exact) mass is 287 g/mol. The summed E-state index contributed by atoms with van der Waals surface area (Å²) in [7, 11) is 0. The van der Waals surface area contributed by atoms with Gasteiger partial charge in [0.05, 0.1) is 0 Å². The molecule has 1 aliphatic carbocycles. The number of hydrogen-bond donors (Lipinski definition) is 1. The molecule has 2 fully saturated rings. The first-order valence-electron chi connectivity index (χ1n) is 8.25. The summed E-state index contributed by atoms with van der Waals surface area (Å²) in [5, 5.41) is 3.23. The zero-order chi connectivity index (χ0) is 14.8. The van der Waals surface area contributed by atoms with E-state index in [1.165, 1.54) is 19.3 Å². The summed E-state index contributed by atoms with van der Waals surface area (Å²) in [6.45, 7) is 6.84. The highest BCUT2D eigenvalue weighted by atomic mass is 16.2. The van der Waals surface area contributed by atoms with Crippen LogP contribution in [0.3, 0.4) is 0 Å². The lowest BCUT2D eigenvalue weighted by molar-refractivity contribution is 0.0780. The Bertz CT molecular complexity index is 517. The van der Waals surface area contributed by atoms with Crippen LogP contribution in [0.5, 0.6) is 0 Å². The maximum absolute atomic E-state index is 12.8. The van der Waals surface area contributed by atoms with Gasteiger partial charge in [-0.05, 0) is 50.2 Å². The minimum absolute atomic E-state index is 0.181. The van der Waals surface area contributed by atoms with Crippen molar-refractivity contribution in [1.82, 2.24) is 9.88 Å². The number of likely N-dealkylation sites (tertiary alicyclic amines) is 1. The summed E-state index contributed by atoms with van der Waals surface area (Å²) in [6, 6.07) is 3.86. The third-order valence-electron chi connectivity index (χ3n) is 4.86. The van der Waals surface area contributed by atoms with Crippen molar-refractivity contribution in [3.05, 3.63) is 23.4 Å². The third kappa shape index (κ3) is 2.89. The van der Waals surface area contributed by atoms with Gasteiger partial charge in [0.15, 0.2) is 0 Å². The van der Waals surface area contributed by atoms with Crippen LogP contribution in [0.4, 0.5) is 5.82 Å². The molecule has 0 radical (unpaired) electrons. The number of rotatable bonds is 4. The lowest BCUT2D eigenvalue weighted by Crippen LogP contribution is -2.29. The van der Waals surface area contributed by atoms with E-state index in [0.717, 1.165) is 55.0 Å². The van der Waals surface area contributed by atoms with E-state index in [2.05, 4.69) is 22.1 Å². The molecule has 2 aliphatic rings. The lowest BCUT2D eigenvalue weighted by Gasteiger charge is -2.18. The molecule has 1 saturated carbocycles. The van der Waals surface area contributed by atoms with Gasteiger partial charge in [-0.15, -0.1) is 0 Å². The van der Waals surface area contributed by atoms with Crippen molar-refractivity contribution in [2.75, 3.05) is 25.0 Å². The van der Waals surface area contributed by atoms with Crippen LogP contribution in [0.15, 0.2) is 12.1 Å². The minimum Gasteiger partial charge on any atom is -0.370 e. The molecule has 3 rings (SSSR count). The molecule has 4 nitrogen and oxygen atoms in total. The molecule has 0 bridgehead atoms. The highest BCUT2D eigenvalue weighted by Gasteiger charge is 2.38. The zero-order valence-corrected chi connectivity index (χ0v) is 13.1. The van der Waals surface area contributed by atoms with Crippen LogP contribution in [0.1, 0.15) is 49.2 Å². The number of anilines is 1. The number of pyridine rings is 1. The van der Waals surface area contributed by atoms with Gasteiger partial charge in [-0.25, -0.2) is 4.98 Å². The van der Waals surface area contributed by atoms with E-state index in [9.17, 15) is 4.79 Å². The number of aryl methyl sites for hydroxylation is 1. The number of carbonyl (C=O) groups excluding carboxylic acids is 1. The molecule has 114 valence electrons. The van der Waals surface area contributed by atoms with Crippen LogP contribution in [0, 0.1) is 11.8 Å². The van der Waals surface area contributed by atoms with Gasteiger partial charge >= 0.3 is 0 Å². The van der Waals surface area contributed by atoms with Crippen LogP contribution < -0.4 is 5.32 Å². The van der Waals surface area contributed by atoms with Crippen molar-refractivity contribution in [1.29, 1.82) is 0 Å². The van der Waals surface area contributed by atoms with Gasteiger partial charge in [-0.3, -0.25) is 4.79 Å². The summed E-state index contributed by atoms with van der Waals surface area (Å²) in [5.41, 5.74) is 1.77. The van der Waals surface area contributed by atoms with Crippen LogP contribution in [0.2, 0.25) is 0 Å². The van der Waals surface area contributed by atoms with E-state index in [0.29, 0.717) is 0 Å². The Balaban J connectivity index is 1.79. The predicted molar refractivity (Wildman–Crippen MR) is 84.5 cm³/mol. The Hall–Kier alpha value is -1.58. The molecule has 21 heavy (non-hydrogen) atoms. The summed E-state index contributed by atoms with van der Waals surface area (Å²) < 4.78 is 0. The van der Waals surface area contributed by atoms with Crippen molar-refractivity contribution >= 4 is 11.7 Å². The van der Waals surface area contributed by atoms with Crippen molar-refractivity contribution in [3.63, 3.8) is 0 Å². The first kappa shape index (κ1) is 14.4. The fourth-order valence-electron chi connectivity index (χ4n) is 3.75. The first-order chi connectivity index (χ1) is 10.2. The Labute approximate surface area is 126 Å². The number of nitrogens with zero attached hydrogens (tertiary/aromatic N) is 2. The summed E-state index contributed by atoms with van der Waals surface area (Å²) in [5.74, 6) is 2.49. The van der Waals surface area contributed by atoms with E-state index in [4.69, 9.17) is 0 Å². The maximum Gasteiger partial charge on any atom is 0.254 e. The molecular weight excluding hydrogens is 262 g/mol. The van der Waals surface area contributed by atoms with Crippen LogP contribution >= 0.6 is 0 Å². The highest BCUT2D eigenvalue weighted by Crippen LogP contribution is 2.38. The molecule has 0 aromatic carbocycles. The molecular formula is C17H25N3O. The standard InChI is InChI=1S/C17H25N3O/c1-3-15-8-14(9-16(19-15)18-4-2)17(21)20-10-12-6-5-7-13(12)11-20/h8-9,12-13H,3-7,10-11H2,1-2H3,(H,18,19). The second kappa shape index (κ2) is 6.04. The van der Waals surface area contributed by atoms with Crippen LogP contribution in [-0.2, 0) is 6.42 Å². The second-order valence-electron chi connectivity index (χ2n) is 6.28. The number of nitrogens with one attached hydrogen (secondary N) is 1. The fourth-order valence-corrected chi connectivity index (χ4v) is 3.75. The lowest BCUT2D eigenvalue weighted by atomic mass is 10.0.